The topological polar surface area (TPSA) is 103 Å². The first-order valence-corrected chi connectivity index (χ1v) is 14.1. The molecule has 0 unspecified atom stereocenters. The Morgan fingerprint density at radius 1 is 1.26 bits per heavy atom. The van der Waals surface area contributed by atoms with Gasteiger partial charge < -0.3 is 24.6 Å². The Morgan fingerprint density at radius 3 is 2.44 bits per heavy atom. The van der Waals surface area contributed by atoms with E-state index in [9.17, 15) is 13.2 Å². The number of carbonyl (C=O) groups is 1. The van der Waals surface area contributed by atoms with E-state index >= 15 is 0 Å². The smallest absolute Gasteiger partial charge is 0.411 e. The number of aliphatic imine (C=N–C) groups is 1. The highest BCUT2D eigenvalue weighted by atomic mass is 32.2. The van der Waals surface area contributed by atoms with Crippen LogP contribution in [0.25, 0.3) is 0 Å². The molecule has 0 saturated heterocycles. The van der Waals surface area contributed by atoms with Crippen LogP contribution in [0.15, 0.2) is 39.3 Å². The first-order valence-electron chi connectivity index (χ1n) is 13.1. The van der Waals surface area contributed by atoms with Crippen LogP contribution in [0, 0.1) is 12.8 Å². The van der Waals surface area contributed by atoms with E-state index in [2.05, 4.69) is 40.7 Å². The summed E-state index contributed by atoms with van der Waals surface area (Å²) in [6.07, 6.45) is 5.73. The Labute approximate surface area is 235 Å². The molecule has 0 radical (unpaired) electrons. The number of nitrogens with two attached hydrogens (primary N) is 1. The number of carbonyl (C=O) groups excluding carboxylic acids is 1. The summed E-state index contributed by atoms with van der Waals surface area (Å²) in [5.41, 5.74) is 5.08. The van der Waals surface area contributed by atoms with E-state index in [0.717, 1.165) is 54.8 Å². The molecule has 2 heterocycles. The van der Waals surface area contributed by atoms with Crippen LogP contribution in [0.1, 0.15) is 64.1 Å². The van der Waals surface area contributed by atoms with Gasteiger partial charge in [-0.1, -0.05) is 32.1 Å². The summed E-state index contributed by atoms with van der Waals surface area (Å²) in [5.74, 6) is 2.22. The molecule has 8 nitrogen and oxygen atoms in total. The van der Waals surface area contributed by atoms with Gasteiger partial charge in [-0.2, -0.15) is 13.2 Å². The van der Waals surface area contributed by atoms with Crippen LogP contribution >= 0.6 is 11.8 Å². The van der Waals surface area contributed by atoms with Gasteiger partial charge >= 0.3 is 6.18 Å². The number of aryl methyl sites for hydroxylation is 1. The fourth-order valence-corrected chi connectivity index (χ4v) is 5.01. The molecule has 1 fully saturated rings. The van der Waals surface area contributed by atoms with E-state index in [4.69, 9.17) is 18.8 Å². The molecular formula is C27H45F3N4O4S. The molecule has 39 heavy (non-hydrogen) atoms. The minimum atomic E-state index is -4.27. The fourth-order valence-electron chi connectivity index (χ4n) is 4.14. The van der Waals surface area contributed by atoms with Crippen LogP contribution in [-0.2, 0) is 9.53 Å². The average Bonchev–Trinajstić information content (AvgIpc) is 3.22. The van der Waals surface area contributed by atoms with Gasteiger partial charge in [-0.25, -0.2) is 0 Å². The van der Waals surface area contributed by atoms with Gasteiger partial charge in [0.05, 0.1) is 18.2 Å². The molecule has 0 bridgehead atoms. The number of alkyl halides is 3. The molecule has 1 aliphatic carbocycles. The van der Waals surface area contributed by atoms with Crippen molar-refractivity contribution in [2.45, 2.75) is 71.4 Å². The van der Waals surface area contributed by atoms with Crippen LogP contribution in [0.3, 0.4) is 0 Å². The molecule has 0 spiro atoms. The lowest BCUT2D eigenvalue weighted by Crippen LogP contribution is -2.28. The maximum atomic E-state index is 12.1. The van der Waals surface area contributed by atoms with Crippen molar-refractivity contribution in [3.63, 3.8) is 0 Å². The number of aromatic nitrogens is 1. The summed E-state index contributed by atoms with van der Waals surface area (Å²) in [4.78, 5) is 16.2. The van der Waals surface area contributed by atoms with Crippen LogP contribution < -0.4 is 10.5 Å². The molecule has 1 aliphatic heterocycles. The van der Waals surface area contributed by atoms with Crippen molar-refractivity contribution < 1.29 is 32.0 Å². The van der Waals surface area contributed by atoms with Gasteiger partial charge in [-0.05, 0) is 51.0 Å². The summed E-state index contributed by atoms with van der Waals surface area (Å²) in [6, 6.07) is 1.75. The van der Waals surface area contributed by atoms with Gasteiger partial charge in [-0.15, -0.1) is 24.9 Å². The minimum Gasteiger partial charge on any atom is -0.476 e. The second-order valence-electron chi connectivity index (χ2n) is 8.73. The predicted molar refractivity (Wildman–Crippen MR) is 152 cm³/mol. The number of halogens is 3. The molecule has 2 N–H and O–H groups in total. The Balaban J connectivity index is 0.000000851. The number of hydrogen-bond donors (Lipinski definition) is 1. The van der Waals surface area contributed by atoms with Crippen LogP contribution in [0.4, 0.5) is 13.2 Å². The van der Waals surface area contributed by atoms with Crippen molar-refractivity contribution >= 4 is 24.9 Å². The Bertz CT molecular complexity index is 815. The van der Waals surface area contributed by atoms with Crippen molar-refractivity contribution in [3.8, 4) is 5.88 Å². The van der Waals surface area contributed by atoms with Crippen molar-refractivity contribution in [2.75, 3.05) is 38.8 Å². The van der Waals surface area contributed by atoms with Gasteiger partial charge in [0.1, 0.15) is 12.4 Å². The van der Waals surface area contributed by atoms with Gasteiger partial charge in [0.15, 0.2) is 0 Å². The third-order valence-electron chi connectivity index (χ3n) is 5.89. The van der Waals surface area contributed by atoms with Gasteiger partial charge in [0.25, 0.3) is 5.88 Å². The van der Waals surface area contributed by atoms with E-state index in [-0.39, 0.29) is 12.3 Å². The largest absolute Gasteiger partial charge is 0.476 e. The molecule has 1 saturated carbocycles. The Morgan fingerprint density at radius 2 is 1.90 bits per heavy atom. The normalized spacial score (nSPS) is 16.3. The molecule has 3 rings (SSSR count). The van der Waals surface area contributed by atoms with E-state index < -0.39 is 12.8 Å². The van der Waals surface area contributed by atoms with Crippen molar-refractivity contribution in [3.05, 3.63) is 35.6 Å². The molecule has 2 aliphatic rings. The van der Waals surface area contributed by atoms with Crippen molar-refractivity contribution in [2.24, 2.45) is 16.6 Å². The van der Waals surface area contributed by atoms with Crippen LogP contribution in [-0.4, -0.2) is 68.1 Å². The first kappa shape index (κ1) is 36.7. The van der Waals surface area contributed by atoms with E-state index in [1.807, 2.05) is 13.8 Å². The summed E-state index contributed by atoms with van der Waals surface area (Å²) in [6.45, 7) is 15.8. The molecule has 1 aromatic rings. The predicted octanol–water partition coefficient (Wildman–Crippen LogP) is 6.52. The molecule has 1 amide bonds. The highest BCUT2D eigenvalue weighted by Crippen LogP contribution is 2.31. The molecule has 1 aromatic heterocycles. The summed E-state index contributed by atoms with van der Waals surface area (Å²) in [5, 5.41) is 3.61. The summed E-state index contributed by atoms with van der Waals surface area (Å²) in [7, 11) is 0. The zero-order valence-electron chi connectivity index (χ0n) is 23.3. The second-order valence-corrected chi connectivity index (χ2v) is 9.75. The lowest BCUT2D eigenvalue weighted by Gasteiger charge is -2.26. The van der Waals surface area contributed by atoms with Crippen molar-refractivity contribution in [1.29, 1.82) is 0 Å². The van der Waals surface area contributed by atoms with E-state index in [1.165, 1.54) is 50.3 Å². The molecular weight excluding hydrogens is 533 g/mol. The number of rotatable bonds is 10. The monoisotopic (exact) mass is 578 g/mol. The minimum absolute atomic E-state index is 0.00986. The lowest BCUT2D eigenvalue weighted by atomic mass is 9.87. The fraction of sp³-hybridized carbons (Fsp3) is 0.667. The number of nitrogens with zero attached hydrogens (tertiary/aromatic N) is 3. The zero-order chi connectivity index (χ0) is 29.5. The number of ether oxygens (including phenoxy) is 2. The zero-order valence-corrected chi connectivity index (χ0v) is 24.2. The van der Waals surface area contributed by atoms with Crippen molar-refractivity contribution in [1.82, 2.24) is 10.1 Å². The third-order valence-corrected chi connectivity index (χ3v) is 6.96. The average molecular weight is 579 g/mol. The quantitative estimate of drug-likeness (QED) is 0.111. The maximum absolute atomic E-state index is 12.1. The van der Waals surface area contributed by atoms with Gasteiger partial charge in [0, 0.05) is 30.5 Å². The van der Waals surface area contributed by atoms with E-state index in [1.54, 1.807) is 6.07 Å². The molecule has 0 atom stereocenters. The maximum Gasteiger partial charge on any atom is 0.411 e. The number of primary amides is 1. The van der Waals surface area contributed by atoms with E-state index in [0.29, 0.717) is 12.5 Å². The van der Waals surface area contributed by atoms with Crippen LogP contribution in [0.2, 0.25) is 0 Å². The molecule has 224 valence electrons. The highest BCUT2D eigenvalue weighted by molar-refractivity contribution is 8.02. The third kappa shape index (κ3) is 18.6. The standard InChI is InChI=1S/C18H29F3N2OS.C6H9NO2.C2H4.CH3NO/c1-22-16-8-11-23(10-7-15-5-3-2-4-6-15)12-9-17(16)25-14-24-13-18(19,20)21;1-3-8-6-4-5(2)9-7-6;1-2;2-1-3/h15H,1-14H2;4H,3H2,1-2H3;1-2H2;1H,(H2,2,3). The molecule has 12 heteroatoms. The Hall–Kier alpha value is -2.31. The lowest BCUT2D eigenvalue weighted by molar-refractivity contribution is -0.168. The Kier molecular flexibility index (Phi) is 21.2. The van der Waals surface area contributed by atoms with Gasteiger partial charge in [-0.3, -0.25) is 9.79 Å². The highest BCUT2D eigenvalue weighted by Gasteiger charge is 2.27. The second kappa shape index (κ2) is 22.5. The number of amides is 1. The number of hydrogen-bond acceptors (Lipinski definition) is 8. The molecule has 0 aromatic carbocycles. The SMILES string of the molecule is C=C.C=NC1=C(SCOCC(F)(F)F)CCN(CCC2CCCCC2)CC1.CCOc1cc(C)on1.NC=O. The summed E-state index contributed by atoms with van der Waals surface area (Å²) >= 11 is 1.33. The first-order chi connectivity index (χ1) is 18.7. The van der Waals surface area contributed by atoms with Gasteiger partial charge in [0.2, 0.25) is 6.41 Å². The van der Waals surface area contributed by atoms with Crippen LogP contribution in [0.5, 0.6) is 5.88 Å². The number of thioether (sulfide) groups is 1. The summed E-state index contributed by atoms with van der Waals surface area (Å²) < 4.78 is 50.9.